The maximum absolute atomic E-state index is 6.06. The van der Waals surface area contributed by atoms with E-state index in [9.17, 15) is 0 Å². The van der Waals surface area contributed by atoms with Gasteiger partial charge in [0.15, 0.2) is 0 Å². The molecule has 2 N–H and O–H groups in total. The third-order valence-electron chi connectivity index (χ3n) is 4.95. The highest BCUT2D eigenvalue weighted by atomic mass is 15.1. The first-order valence-electron chi connectivity index (χ1n) is 8.34. The van der Waals surface area contributed by atoms with Crippen molar-refractivity contribution in [3.8, 4) is 0 Å². The van der Waals surface area contributed by atoms with E-state index < -0.39 is 0 Å². The molecule has 114 valence electrons. The van der Waals surface area contributed by atoms with Crippen molar-refractivity contribution in [2.24, 2.45) is 11.1 Å². The number of hydrogen-bond donors (Lipinski definition) is 1. The van der Waals surface area contributed by atoms with Crippen LogP contribution < -0.4 is 5.73 Å². The van der Waals surface area contributed by atoms with Crippen LogP contribution >= 0.6 is 0 Å². The summed E-state index contributed by atoms with van der Waals surface area (Å²) in [7, 11) is 0. The highest BCUT2D eigenvalue weighted by molar-refractivity contribution is 4.88. The molecule has 1 aliphatic rings. The Balaban J connectivity index is 2.32. The Kier molecular flexibility index (Phi) is 7.96. The molecule has 3 heteroatoms. The number of hydrogen-bond acceptors (Lipinski definition) is 3. The number of rotatable bonds is 10. The summed E-state index contributed by atoms with van der Waals surface area (Å²) in [5.74, 6) is 0. The molecule has 0 bridgehead atoms. The van der Waals surface area contributed by atoms with Crippen LogP contribution in [0.25, 0.3) is 0 Å². The first-order chi connectivity index (χ1) is 9.19. The van der Waals surface area contributed by atoms with Crippen LogP contribution in [0.15, 0.2) is 0 Å². The van der Waals surface area contributed by atoms with Gasteiger partial charge in [0, 0.05) is 6.54 Å². The van der Waals surface area contributed by atoms with E-state index in [1.54, 1.807) is 0 Å². The molecular formula is C16H35N3. The average Bonchev–Trinajstić information content (AvgIpc) is 2.91. The van der Waals surface area contributed by atoms with E-state index >= 15 is 0 Å². The molecule has 3 nitrogen and oxygen atoms in total. The van der Waals surface area contributed by atoms with Gasteiger partial charge in [0.25, 0.3) is 0 Å². The van der Waals surface area contributed by atoms with Crippen LogP contribution in [-0.2, 0) is 0 Å². The Labute approximate surface area is 120 Å². The minimum absolute atomic E-state index is 0.436. The van der Waals surface area contributed by atoms with Gasteiger partial charge >= 0.3 is 0 Å². The van der Waals surface area contributed by atoms with Gasteiger partial charge in [-0.15, -0.1) is 0 Å². The van der Waals surface area contributed by atoms with Crippen LogP contribution in [0.4, 0.5) is 0 Å². The van der Waals surface area contributed by atoms with Gasteiger partial charge in [-0.1, -0.05) is 33.6 Å². The Morgan fingerprint density at radius 3 is 1.89 bits per heavy atom. The van der Waals surface area contributed by atoms with E-state index in [0.29, 0.717) is 5.41 Å². The highest BCUT2D eigenvalue weighted by Crippen LogP contribution is 2.37. The number of nitrogens with zero attached hydrogens (tertiary/aromatic N) is 2. The fourth-order valence-corrected chi connectivity index (χ4v) is 3.43. The minimum atomic E-state index is 0.436. The van der Waals surface area contributed by atoms with Crippen LogP contribution in [0.3, 0.4) is 0 Å². The molecule has 0 aromatic heterocycles. The molecule has 0 radical (unpaired) electrons. The van der Waals surface area contributed by atoms with Crippen molar-refractivity contribution >= 4 is 0 Å². The van der Waals surface area contributed by atoms with Crippen LogP contribution in [-0.4, -0.2) is 55.6 Å². The second kappa shape index (κ2) is 8.93. The molecular weight excluding hydrogens is 234 g/mol. The maximum Gasteiger partial charge on any atom is 0.00500 e. The fraction of sp³-hybridized carbons (Fsp3) is 1.00. The lowest BCUT2D eigenvalue weighted by Crippen LogP contribution is -2.42. The first-order valence-corrected chi connectivity index (χ1v) is 8.34. The average molecular weight is 269 g/mol. The molecule has 19 heavy (non-hydrogen) atoms. The molecule has 0 aliphatic heterocycles. The van der Waals surface area contributed by atoms with Gasteiger partial charge < -0.3 is 15.5 Å². The van der Waals surface area contributed by atoms with Crippen molar-refractivity contribution in [2.75, 3.05) is 45.8 Å². The lowest BCUT2D eigenvalue weighted by Gasteiger charge is -2.34. The van der Waals surface area contributed by atoms with Crippen molar-refractivity contribution in [2.45, 2.75) is 52.9 Å². The third kappa shape index (κ3) is 5.41. The summed E-state index contributed by atoms with van der Waals surface area (Å²) >= 11 is 0. The van der Waals surface area contributed by atoms with Gasteiger partial charge in [0.2, 0.25) is 0 Å². The van der Waals surface area contributed by atoms with Crippen LogP contribution in [0.5, 0.6) is 0 Å². The molecule has 0 heterocycles. The van der Waals surface area contributed by atoms with Gasteiger partial charge in [0.05, 0.1) is 0 Å². The molecule has 0 amide bonds. The van der Waals surface area contributed by atoms with Crippen molar-refractivity contribution in [1.82, 2.24) is 9.80 Å². The maximum atomic E-state index is 6.06. The molecule has 0 aromatic rings. The third-order valence-corrected chi connectivity index (χ3v) is 4.95. The van der Waals surface area contributed by atoms with Gasteiger partial charge in [-0.3, -0.25) is 0 Å². The van der Waals surface area contributed by atoms with E-state index in [2.05, 4.69) is 30.6 Å². The zero-order chi connectivity index (χ0) is 14.1. The number of nitrogens with two attached hydrogens (primary N) is 1. The Hall–Kier alpha value is -0.120. The van der Waals surface area contributed by atoms with Gasteiger partial charge in [-0.2, -0.15) is 0 Å². The van der Waals surface area contributed by atoms with E-state index in [0.717, 1.165) is 6.54 Å². The zero-order valence-electron chi connectivity index (χ0n) is 13.5. The second-order valence-electron chi connectivity index (χ2n) is 6.16. The molecule has 1 rings (SSSR count). The highest BCUT2D eigenvalue weighted by Gasteiger charge is 2.33. The van der Waals surface area contributed by atoms with E-state index in [-0.39, 0.29) is 0 Å². The standard InChI is InChI=1S/C16H35N3/c1-4-18(5-2)12-9-13-19(6-3)15-16(14-17)10-7-8-11-16/h4-15,17H2,1-3H3. The molecule has 1 aliphatic carbocycles. The smallest absolute Gasteiger partial charge is 0.00500 e. The van der Waals surface area contributed by atoms with Crippen molar-refractivity contribution in [3.05, 3.63) is 0 Å². The lowest BCUT2D eigenvalue weighted by atomic mass is 9.85. The van der Waals surface area contributed by atoms with E-state index in [4.69, 9.17) is 5.73 Å². The van der Waals surface area contributed by atoms with Crippen LogP contribution in [0.1, 0.15) is 52.9 Å². The van der Waals surface area contributed by atoms with Gasteiger partial charge in [0.1, 0.15) is 0 Å². The summed E-state index contributed by atoms with van der Waals surface area (Å²) in [6.45, 7) is 14.9. The van der Waals surface area contributed by atoms with E-state index in [1.165, 1.54) is 71.4 Å². The summed E-state index contributed by atoms with van der Waals surface area (Å²) in [5, 5.41) is 0. The second-order valence-corrected chi connectivity index (χ2v) is 6.16. The predicted molar refractivity (Wildman–Crippen MR) is 84.5 cm³/mol. The summed E-state index contributed by atoms with van der Waals surface area (Å²) < 4.78 is 0. The zero-order valence-corrected chi connectivity index (χ0v) is 13.5. The molecule has 0 unspecified atom stereocenters. The van der Waals surface area contributed by atoms with Crippen molar-refractivity contribution < 1.29 is 0 Å². The molecule has 0 saturated heterocycles. The van der Waals surface area contributed by atoms with Crippen LogP contribution in [0.2, 0.25) is 0 Å². The Bertz CT molecular complexity index is 220. The molecule has 0 aromatic carbocycles. The monoisotopic (exact) mass is 269 g/mol. The molecule has 0 atom stereocenters. The molecule has 1 saturated carbocycles. The van der Waals surface area contributed by atoms with Gasteiger partial charge in [-0.25, -0.2) is 0 Å². The normalized spacial score (nSPS) is 18.6. The summed E-state index contributed by atoms with van der Waals surface area (Å²) in [5.41, 5.74) is 6.49. The largest absolute Gasteiger partial charge is 0.330 e. The Morgan fingerprint density at radius 1 is 0.895 bits per heavy atom. The first kappa shape index (κ1) is 16.9. The minimum Gasteiger partial charge on any atom is -0.330 e. The van der Waals surface area contributed by atoms with Crippen molar-refractivity contribution in [1.29, 1.82) is 0 Å². The predicted octanol–water partition coefficient (Wildman–Crippen LogP) is 2.56. The molecule has 1 fully saturated rings. The topological polar surface area (TPSA) is 32.5 Å². The Morgan fingerprint density at radius 2 is 1.42 bits per heavy atom. The van der Waals surface area contributed by atoms with Crippen molar-refractivity contribution in [3.63, 3.8) is 0 Å². The summed E-state index contributed by atoms with van der Waals surface area (Å²) in [6.07, 6.45) is 6.74. The quantitative estimate of drug-likeness (QED) is 0.661. The summed E-state index contributed by atoms with van der Waals surface area (Å²) in [4.78, 5) is 5.14. The fourth-order valence-electron chi connectivity index (χ4n) is 3.43. The van der Waals surface area contributed by atoms with E-state index in [1.807, 2.05) is 0 Å². The SMILES string of the molecule is CCN(CC)CCCN(CC)CC1(CN)CCCC1. The molecule has 0 spiro atoms. The summed E-state index contributed by atoms with van der Waals surface area (Å²) in [6, 6.07) is 0. The van der Waals surface area contributed by atoms with Gasteiger partial charge in [-0.05, 0) is 63.9 Å². The van der Waals surface area contributed by atoms with Crippen LogP contribution in [0, 0.1) is 5.41 Å². The lowest BCUT2D eigenvalue weighted by molar-refractivity contribution is 0.155.